The zero-order valence-electron chi connectivity index (χ0n) is 8.85. The molecule has 0 amide bonds. The number of benzene rings is 1. The maximum atomic E-state index is 12.4. The number of halogens is 3. The van der Waals surface area contributed by atoms with Crippen molar-refractivity contribution < 1.29 is 13.2 Å². The van der Waals surface area contributed by atoms with E-state index in [0.29, 0.717) is 12.0 Å². The Morgan fingerprint density at radius 1 is 1.25 bits per heavy atom. The number of alkyl halides is 3. The maximum absolute atomic E-state index is 12.4. The van der Waals surface area contributed by atoms with Crippen LogP contribution in [0, 0.1) is 0 Å². The van der Waals surface area contributed by atoms with Gasteiger partial charge in [-0.3, -0.25) is 0 Å². The average Bonchev–Trinajstić information content (AvgIpc) is 2.94. The number of aryl methyl sites for hydroxylation is 1. The molecule has 2 rings (SSSR count). The molecule has 1 fully saturated rings. The van der Waals surface area contributed by atoms with Gasteiger partial charge in [0.05, 0.1) is 5.56 Å². The third-order valence-corrected chi connectivity index (χ3v) is 3.06. The quantitative estimate of drug-likeness (QED) is 0.846. The number of nitrogens with two attached hydrogens (primary N) is 1. The molecule has 1 nitrogen and oxygen atoms in total. The first-order valence-electron chi connectivity index (χ1n) is 5.34. The lowest BCUT2D eigenvalue weighted by atomic mass is 10.0. The second-order valence-corrected chi connectivity index (χ2v) is 4.56. The summed E-state index contributed by atoms with van der Waals surface area (Å²) in [5.74, 6) is 0. The van der Waals surface area contributed by atoms with Crippen LogP contribution in [0.3, 0.4) is 0 Å². The van der Waals surface area contributed by atoms with Crippen molar-refractivity contribution in [3.8, 4) is 0 Å². The Labute approximate surface area is 92.5 Å². The molecular formula is C12H14F3N. The Bertz CT molecular complexity index is 380. The van der Waals surface area contributed by atoms with Crippen LogP contribution in [0.5, 0.6) is 0 Å². The monoisotopic (exact) mass is 229 g/mol. The summed E-state index contributed by atoms with van der Waals surface area (Å²) in [7, 11) is 0. The highest BCUT2D eigenvalue weighted by Gasteiger charge is 2.37. The van der Waals surface area contributed by atoms with Crippen molar-refractivity contribution in [2.24, 2.45) is 5.73 Å². The van der Waals surface area contributed by atoms with Crippen molar-refractivity contribution in [3.05, 3.63) is 35.4 Å². The SMILES string of the molecule is NC1(CCc2cccc(C(F)(F)F)c2)CC1. The van der Waals surface area contributed by atoms with Crippen LogP contribution in [0.4, 0.5) is 13.2 Å². The van der Waals surface area contributed by atoms with E-state index in [9.17, 15) is 13.2 Å². The highest BCUT2D eigenvalue weighted by molar-refractivity contribution is 5.26. The maximum Gasteiger partial charge on any atom is 0.416 e. The third kappa shape index (κ3) is 2.76. The highest BCUT2D eigenvalue weighted by atomic mass is 19.4. The fourth-order valence-corrected chi connectivity index (χ4v) is 1.71. The summed E-state index contributed by atoms with van der Waals surface area (Å²) in [6.45, 7) is 0. The van der Waals surface area contributed by atoms with Crippen LogP contribution in [0.25, 0.3) is 0 Å². The van der Waals surface area contributed by atoms with Crippen LogP contribution in [0.2, 0.25) is 0 Å². The van der Waals surface area contributed by atoms with Gasteiger partial charge in [-0.05, 0) is 37.3 Å². The first-order valence-corrected chi connectivity index (χ1v) is 5.34. The normalized spacial score (nSPS) is 18.5. The van der Waals surface area contributed by atoms with Gasteiger partial charge in [0.2, 0.25) is 0 Å². The highest BCUT2D eigenvalue weighted by Crippen LogP contribution is 2.37. The smallest absolute Gasteiger partial charge is 0.325 e. The fourth-order valence-electron chi connectivity index (χ4n) is 1.71. The predicted molar refractivity (Wildman–Crippen MR) is 55.9 cm³/mol. The van der Waals surface area contributed by atoms with Crippen LogP contribution in [-0.4, -0.2) is 5.54 Å². The van der Waals surface area contributed by atoms with E-state index < -0.39 is 11.7 Å². The van der Waals surface area contributed by atoms with Gasteiger partial charge >= 0.3 is 6.18 Å². The molecule has 0 saturated heterocycles. The second-order valence-electron chi connectivity index (χ2n) is 4.56. The van der Waals surface area contributed by atoms with Gasteiger partial charge in [0.15, 0.2) is 0 Å². The zero-order chi connectivity index (χ0) is 11.8. The van der Waals surface area contributed by atoms with Gasteiger partial charge in [-0.15, -0.1) is 0 Å². The van der Waals surface area contributed by atoms with Crippen molar-refractivity contribution in [1.82, 2.24) is 0 Å². The van der Waals surface area contributed by atoms with Gasteiger partial charge in [-0.2, -0.15) is 13.2 Å². The summed E-state index contributed by atoms with van der Waals surface area (Å²) in [5, 5.41) is 0. The first-order chi connectivity index (χ1) is 7.39. The van der Waals surface area contributed by atoms with Crippen molar-refractivity contribution >= 4 is 0 Å². The van der Waals surface area contributed by atoms with Gasteiger partial charge in [0, 0.05) is 5.54 Å². The van der Waals surface area contributed by atoms with Crippen molar-refractivity contribution in [3.63, 3.8) is 0 Å². The van der Waals surface area contributed by atoms with Crippen molar-refractivity contribution in [2.75, 3.05) is 0 Å². The van der Waals surface area contributed by atoms with E-state index in [1.165, 1.54) is 12.1 Å². The molecule has 1 saturated carbocycles. The summed E-state index contributed by atoms with van der Waals surface area (Å²) in [6.07, 6.45) is -0.872. The molecule has 1 aromatic carbocycles. The molecule has 0 spiro atoms. The number of hydrogen-bond acceptors (Lipinski definition) is 1. The molecule has 0 radical (unpaired) electrons. The van der Waals surface area contributed by atoms with Crippen LogP contribution in [0.15, 0.2) is 24.3 Å². The summed E-state index contributed by atoms with van der Waals surface area (Å²) in [5.41, 5.74) is 5.93. The minimum Gasteiger partial charge on any atom is -0.325 e. The predicted octanol–water partition coefficient (Wildman–Crippen LogP) is 3.13. The second kappa shape index (κ2) is 3.77. The van der Waals surface area contributed by atoms with E-state index in [-0.39, 0.29) is 5.54 Å². The average molecular weight is 229 g/mol. The molecular weight excluding hydrogens is 215 g/mol. The molecule has 0 aromatic heterocycles. The fraction of sp³-hybridized carbons (Fsp3) is 0.500. The van der Waals surface area contributed by atoms with Crippen LogP contribution in [-0.2, 0) is 12.6 Å². The lowest BCUT2D eigenvalue weighted by Crippen LogP contribution is -2.22. The Balaban J connectivity index is 2.04. The molecule has 88 valence electrons. The molecule has 2 N–H and O–H groups in total. The minimum absolute atomic E-state index is 0.103. The van der Waals surface area contributed by atoms with Gasteiger partial charge < -0.3 is 5.73 Å². The summed E-state index contributed by atoms with van der Waals surface area (Å²) >= 11 is 0. The molecule has 1 aliphatic carbocycles. The zero-order valence-corrected chi connectivity index (χ0v) is 8.85. The largest absolute Gasteiger partial charge is 0.416 e. The van der Waals surface area contributed by atoms with Crippen molar-refractivity contribution in [1.29, 1.82) is 0 Å². The molecule has 0 unspecified atom stereocenters. The summed E-state index contributed by atoms with van der Waals surface area (Å²) < 4.78 is 37.3. The molecule has 0 heterocycles. The minimum atomic E-state index is -4.25. The van der Waals surface area contributed by atoms with Crippen LogP contribution in [0.1, 0.15) is 30.4 Å². The van der Waals surface area contributed by atoms with Gasteiger partial charge in [-0.1, -0.05) is 18.2 Å². The summed E-state index contributed by atoms with van der Waals surface area (Å²) in [6, 6.07) is 5.49. The van der Waals surface area contributed by atoms with E-state index in [0.717, 1.165) is 25.3 Å². The van der Waals surface area contributed by atoms with Gasteiger partial charge in [0.1, 0.15) is 0 Å². The Kier molecular flexibility index (Phi) is 2.70. The number of hydrogen-bond donors (Lipinski definition) is 1. The van der Waals surface area contributed by atoms with Crippen molar-refractivity contribution in [2.45, 2.75) is 37.4 Å². The summed E-state index contributed by atoms with van der Waals surface area (Å²) in [4.78, 5) is 0. The van der Waals surface area contributed by atoms with E-state index in [1.807, 2.05) is 0 Å². The van der Waals surface area contributed by atoms with Gasteiger partial charge in [0.25, 0.3) is 0 Å². The molecule has 1 aromatic rings. The molecule has 0 atom stereocenters. The lowest BCUT2D eigenvalue weighted by Gasteiger charge is -2.10. The standard InChI is InChI=1S/C12H14F3N/c13-12(14,15)10-3-1-2-9(8-10)4-5-11(16)6-7-11/h1-3,8H,4-7,16H2. The van der Waals surface area contributed by atoms with E-state index >= 15 is 0 Å². The first kappa shape index (κ1) is 11.5. The molecule has 1 aliphatic rings. The Morgan fingerprint density at radius 2 is 1.94 bits per heavy atom. The Morgan fingerprint density at radius 3 is 2.50 bits per heavy atom. The Hall–Kier alpha value is -1.03. The molecule has 4 heteroatoms. The lowest BCUT2D eigenvalue weighted by molar-refractivity contribution is -0.137. The van der Waals surface area contributed by atoms with Gasteiger partial charge in [-0.25, -0.2) is 0 Å². The van der Waals surface area contributed by atoms with Crippen LogP contribution < -0.4 is 5.73 Å². The molecule has 0 aliphatic heterocycles. The molecule has 0 bridgehead atoms. The van der Waals surface area contributed by atoms with E-state index in [1.54, 1.807) is 6.07 Å². The van der Waals surface area contributed by atoms with E-state index in [4.69, 9.17) is 5.73 Å². The topological polar surface area (TPSA) is 26.0 Å². The molecule has 16 heavy (non-hydrogen) atoms. The van der Waals surface area contributed by atoms with Crippen LogP contribution >= 0.6 is 0 Å². The van der Waals surface area contributed by atoms with E-state index in [2.05, 4.69) is 0 Å². The third-order valence-electron chi connectivity index (χ3n) is 3.06. The number of rotatable bonds is 3.